The minimum absolute atomic E-state index is 0.175. The molecule has 5 nitrogen and oxygen atoms in total. The van der Waals surface area contributed by atoms with Gasteiger partial charge < -0.3 is 9.57 Å². The van der Waals surface area contributed by atoms with Crippen molar-refractivity contribution in [2.75, 3.05) is 11.5 Å². The molecule has 0 unspecified atom stereocenters. The molecule has 1 heterocycles. The van der Waals surface area contributed by atoms with Gasteiger partial charge in [0.25, 0.3) is 5.91 Å². The van der Waals surface area contributed by atoms with E-state index in [0.717, 1.165) is 5.56 Å². The fourth-order valence-electron chi connectivity index (χ4n) is 2.77. The summed E-state index contributed by atoms with van der Waals surface area (Å²) in [6.45, 7) is -0.175. The molecule has 0 bridgehead atoms. The van der Waals surface area contributed by atoms with Crippen molar-refractivity contribution in [2.45, 2.75) is 0 Å². The van der Waals surface area contributed by atoms with Crippen molar-refractivity contribution in [3.05, 3.63) is 84.4 Å². The first kappa shape index (κ1) is 15.9. The summed E-state index contributed by atoms with van der Waals surface area (Å²) in [5, 5.41) is 3.88. The minimum atomic E-state index is -0.224. The summed E-state index contributed by atoms with van der Waals surface area (Å²) >= 11 is 0. The van der Waals surface area contributed by atoms with E-state index >= 15 is 0 Å². The van der Waals surface area contributed by atoms with E-state index < -0.39 is 0 Å². The van der Waals surface area contributed by atoms with Gasteiger partial charge in [-0.25, -0.2) is 0 Å². The van der Waals surface area contributed by atoms with Gasteiger partial charge in [-0.3, -0.25) is 9.69 Å². The number of hydrogen-bond donors (Lipinski definition) is 0. The fourth-order valence-corrected chi connectivity index (χ4v) is 2.77. The van der Waals surface area contributed by atoms with Gasteiger partial charge >= 0.3 is 0 Å². The second kappa shape index (κ2) is 7.11. The number of carbonyl (C=O) groups is 1. The van der Waals surface area contributed by atoms with E-state index in [1.165, 1.54) is 0 Å². The molecule has 4 rings (SSSR count). The number of oxime groups is 1. The van der Waals surface area contributed by atoms with Gasteiger partial charge in [-0.05, 0) is 29.8 Å². The summed E-state index contributed by atoms with van der Waals surface area (Å²) in [5.74, 6) is 1.04. The highest BCUT2D eigenvalue weighted by molar-refractivity contribution is 6.05. The smallest absolute Gasteiger partial charge is 0.272 e. The monoisotopic (exact) mass is 344 g/mol. The number of benzene rings is 3. The van der Waals surface area contributed by atoms with Crippen LogP contribution in [0.2, 0.25) is 0 Å². The number of para-hydroxylation sites is 4. The number of carbonyl (C=O) groups excluding carboxylic acids is 1. The first-order valence-electron chi connectivity index (χ1n) is 8.22. The highest BCUT2D eigenvalue weighted by atomic mass is 16.6. The van der Waals surface area contributed by atoms with Crippen molar-refractivity contribution in [1.29, 1.82) is 0 Å². The molecule has 0 saturated carbocycles. The Morgan fingerprint density at radius 2 is 1.46 bits per heavy atom. The second-order valence-electron chi connectivity index (χ2n) is 5.69. The summed E-state index contributed by atoms with van der Waals surface area (Å²) in [4.78, 5) is 19.6. The van der Waals surface area contributed by atoms with Crippen LogP contribution in [-0.4, -0.2) is 18.7 Å². The SMILES string of the molecule is O=C(CO/N=C\c1ccccc1)N1c2ccccc2Oc2ccccc21. The number of hydrogen-bond acceptors (Lipinski definition) is 4. The van der Waals surface area contributed by atoms with E-state index in [9.17, 15) is 4.79 Å². The second-order valence-corrected chi connectivity index (χ2v) is 5.69. The van der Waals surface area contributed by atoms with Gasteiger partial charge in [-0.2, -0.15) is 0 Å². The molecule has 0 fully saturated rings. The highest BCUT2D eigenvalue weighted by Crippen LogP contribution is 2.46. The van der Waals surface area contributed by atoms with Gasteiger partial charge in [0.1, 0.15) is 0 Å². The van der Waals surface area contributed by atoms with Gasteiger partial charge in [0.2, 0.25) is 0 Å². The highest BCUT2D eigenvalue weighted by Gasteiger charge is 2.28. The van der Waals surface area contributed by atoms with Crippen LogP contribution in [0, 0.1) is 0 Å². The molecule has 3 aromatic carbocycles. The van der Waals surface area contributed by atoms with Crippen molar-refractivity contribution in [3.8, 4) is 11.5 Å². The molecular weight excluding hydrogens is 328 g/mol. The van der Waals surface area contributed by atoms with Gasteiger partial charge in [0.05, 0.1) is 17.6 Å². The molecule has 0 spiro atoms. The standard InChI is InChI=1S/C21H16N2O3/c24-21(15-25-22-14-16-8-2-1-3-9-16)23-17-10-4-6-12-19(17)26-20-13-7-5-11-18(20)23/h1-14H,15H2/b22-14-. The van der Waals surface area contributed by atoms with Crippen LogP contribution in [0.3, 0.4) is 0 Å². The first-order chi connectivity index (χ1) is 12.8. The maximum Gasteiger partial charge on any atom is 0.272 e. The first-order valence-corrected chi connectivity index (χ1v) is 8.22. The minimum Gasteiger partial charge on any atom is -0.453 e. The van der Waals surface area contributed by atoms with Crippen molar-refractivity contribution in [1.82, 2.24) is 0 Å². The van der Waals surface area contributed by atoms with Gasteiger partial charge in [-0.1, -0.05) is 59.8 Å². The zero-order chi connectivity index (χ0) is 17.8. The molecule has 1 aliphatic heterocycles. The number of amides is 1. The number of ether oxygens (including phenoxy) is 1. The van der Waals surface area contributed by atoms with Crippen LogP contribution in [0.5, 0.6) is 11.5 Å². The maximum absolute atomic E-state index is 12.8. The third kappa shape index (κ3) is 3.15. The molecule has 1 amide bonds. The fraction of sp³-hybridized carbons (Fsp3) is 0.0476. The summed E-state index contributed by atoms with van der Waals surface area (Å²) < 4.78 is 5.88. The lowest BCUT2D eigenvalue weighted by Crippen LogP contribution is -2.31. The van der Waals surface area contributed by atoms with E-state index in [4.69, 9.17) is 9.57 Å². The van der Waals surface area contributed by atoms with E-state index in [1.807, 2.05) is 78.9 Å². The number of fused-ring (bicyclic) bond motifs is 2. The lowest BCUT2D eigenvalue weighted by Gasteiger charge is -2.30. The van der Waals surface area contributed by atoms with Crippen LogP contribution in [-0.2, 0) is 9.63 Å². The van der Waals surface area contributed by atoms with Crippen molar-refractivity contribution < 1.29 is 14.4 Å². The van der Waals surface area contributed by atoms with Gasteiger partial charge in [0, 0.05) is 0 Å². The third-order valence-corrected chi connectivity index (χ3v) is 3.95. The molecule has 0 aromatic heterocycles. The average molecular weight is 344 g/mol. The molecule has 128 valence electrons. The van der Waals surface area contributed by atoms with Crippen molar-refractivity contribution >= 4 is 23.5 Å². The Morgan fingerprint density at radius 1 is 0.885 bits per heavy atom. The largest absolute Gasteiger partial charge is 0.453 e. The van der Waals surface area contributed by atoms with Crippen LogP contribution in [0.25, 0.3) is 0 Å². The van der Waals surface area contributed by atoms with Crippen LogP contribution >= 0.6 is 0 Å². The Balaban J connectivity index is 1.53. The van der Waals surface area contributed by atoms with E-state index in [2.05, 4.69) is 5.16 Å². The van der Waals surface area contributed by atoms with Gasteiger partial charge in [-0.15, -0.1) is 0 Å². The molecule has 3 aromatic rings. The van der Waals surface area contributed by atoms with Crippen LogP contribution < -0.4 is 9.64 Å². The molecule has 0 atom stereocenters. The summed E-state index contributed by atoms with van der Waals surface area (Å²) in [7, 11) is 0. The number of nitrogens with zero attached hydrogens (tertiary/aromatic N) is 2. The van der Waals surface area contributed by atoms with E-state index in [-0.39, 0.29) is 12.5 Å². The molecule has 26 heavy (non-hydrogen) atoms. The predicted molar refractivity (Wildman–Crippen MR) is 100 cm³/mol. The van der Waals surface area contributed by atoms with Crippen LogP contribution in [0.15, 0.2) is 84.0 Å². The average Bonchev–Trinajstić information content (AvgIpc) is 2.70. The summed E-state index contributed by atoms with van der Waals surface area (Å²) in [5.41, 5.74) is 2.28. The predicted octanol–water partition coefficient (Wildman–Crippen LogP) is 4.51. The molecule has 5 heteroatoms. The normalized spacial score (nSPS) is 12.2. The quantitative estimate of drug-likeness (QED) is 0.517. The maximum atomic E-state index is 12.8. The summed E-state index contributed by atoms with van der Waals surface area (Å²) in [6.07, 6.45) is 1.58. The number of rotatable bonds is 4. The van der Waals surface area contributed by atoms with Crippen LogP contribution in [0.1, 0.15) is 5.56 Å². The Labute approximate surface area is 151 Å². The lowest BCUT2D eigenvalue weighted by atomic mass is 10.1. The Morgan fingerprint density at radius 3 is 2.12 bits per heavy atom. The van der Waals surface area contributed by atoms with Gasteiger partial charge in [0.15, 0.2) is 18.1 Å². The summed E-state index contributed by atoms with van der Waals surface area (Å²) in [6, 6.07) is 24.4. The third-order valence-electron chi connectivity index (χ3n) is 3.95. The lowest BCUT2D eigenvalue weighted by molar-refractivity contribution is -0.122. The molecule has 0 radical (unpaired) electrons. The topological polar surface area (TPSA) is 51.1 Å². The van der Waals surface area contributed by atoms with Crippen LogP contribution in [0.4, 0.5) is 11.4 Å². The molecule has 1 aliphatic rings. The molecular formula is C21H16N2O3. The van der Waals surface area contributed by atoms with Crippen molar-refractivity contribution in [2.24, 2.45) is 5.16 Å². The molecule has 0 N–H and O–H groups in total. The Hall–Kier alpha value is -3.60. The van der Waals surface area contributed by atoms with Crippen molar-refractivity contribution in [3.63, 3.8) is 0 Å². The molecule has 0 aliphatic carbocycles. The Kier molecular flexibility index (Phi) is 4.35. The zero-order valence-electron chi connectivity index (χ0n) is 13.9. The van der Waals surface area contributed by atoms with E-state index in [0.29, 0.717) is 22.9 Å². The Bertz CT molecular complexity index is 909. The zero-order valence-corrected chi connectivity index (χ0v) is 13.9. The van der Waals surface area contributed by atoms with E-state index in [1.54, 1.807) is 11.1 Å². The molecule has 0 saturated heterocycles. The number of anilines is 2.